The third kappa shape index (κ3) is 1.70. The number of aromatic hydroxyl groups is 1. The molecule has 0 atom stereocenters. The van der Waals surface area contributed by atoms with Gasteiger partial charge in [-0.05, 0) is 30.7 Å². The zero-order chi connectivity index (χ0) is 11.0. The number of nitrogens with zero attached hydrogens (tertiary/aromatic N) is 1. The van der Waals surface area contributed by atoms with E-state index in [0.29, 0.717) is 5.69 Å². The van der Waals surface area contributed by atoms with Crippen LogP contribution in [0.4, 0.5) is 5.69 Å². The van der Waals surface area contributed by atoms with Crippen molar-refractivity contribution >= 4 is 17.4 Å². The van der Waals surface area contributed by atoms with Gasteiger partial charge >= 0.3 is 0 Å². The quantitative estimate of drug-likeness (QED) is 0.696. The molecule has 0 bridgehead atoms. The molecule has 1 aromatic rings. The summed E-state index contributed by atoms with van der Waals surface area (Å²) >= 11 is 0. The smallest absolute Gasteiger partial charge is 0.234 e. The molecule has 0 aromatic heterocycles. The molecule has 2 rings (SSSR count). The molecule has 4 heteroatoms. The van der Waals surface area contributed by atoms with Crippen LogP contribution in [0.1, 0.15) is 12.0 Å². The molecule has 1 aromatic carbocycles. The average Bonchev–Trinajstić information content (AvgIpc) is 2.45. The first-order valence-electron chi connectivity index (χ1n) is 4.69. The van der Waals surface area contributed by atoms with Crippen LogP contribution in [0.3, 0.4) is 0 Å². The molecule has 1 heterocycles. The zero-order valence-corrected chi connectivity index (χ0v) is 8.36. The maximum Gasteiger partial charge on any atom is 0.234 e. The van der Waals surface area contributed by atoms with Crippen molar-refractivity contribution in [2.24, 2.45) is 0 Å². The van der Waals surface area contributed by atoms with E-state index < -0.39 is 0 Å². The Hall–Kier alpha value is -1.84. The molecule has 78 valence electrons. The minimum Gasteiger partial charge on any atom is -0.508 e. The summed E-state index contributed by atoms with van der Waals surface area (Å²) in [5, 5.41) is 9.23. The van der Waals surface area contributed by atoms with Gasteiger partial charge in [0.1, 0.15) is 5.75 Å². The summed E-state index contributed by atoms with van der Waals surface area (Å²) in [6, 6.07) is 4.74. The number of aryl methyl sites for hydroxylation is 1. The molecule has 0 radical (unpaired) electrons. The molecule has 15 heavy (non-hydrogen) atoms. The first-order valence-corrected chi connectivity index (χ1v) is 4.69. The van der Waals surface area contributed by atoms with Gasteiger partial charge in [-0.2, -0.15) is 0 Å². The first kappa shape index (κ1) is 9.71. The number of amides is 1. The lowest BCUT2D eigenvalue weighted by atomic mass is 10.2. The Morgan fingerprint density at radius 1 is 1.33 bits per heavy atom. The van der Waals surface area contributed by atoms with Gasteiger partial charge in [0.05, 0.1) is 13.0 Å². The van der Waals surface area contributed by atoms with Crippen LogP contribution in [0.5, 0.6) is 5.75 Å². The van der Waals surface area contributed by atoms with Gasteiger partial charge in [0.2, 0.25) is 5.91 Å². The lowest BCUT2D eigenvalue weighted by Gasteiger charge is -2.17. The van der Waals surface area contributed by atoms with Crippen molar-refractivity contribution < 1.29 is 14.7 Å². The van der Waals surface area contributed by atoms with Gasteiger partial charge in [-0.25, -0.2) is 0 Å². The van der Waals surface area contributed by atoms with E-state index in [9.17, 15) is 14.7 Å². The highest BCUT2D eigenvalue weighted by atomic mass is 16.3. The summed E-state index contributed by atoms with van der Waals surface area (Å²) in [5.74, 6) is -0.0736. The van der Waals surface area contributed by atoms with Crippen molar-refractivity contribution in [3.05, 3.63) is 23.8 Å². The molecule has 1 saturated heterocycles. The number of phenolic OH excluding ortho intramolecular Hbond substituents is 1. The number of hydrogen-bond acceptors (Lipinski definition) is 3. The summed E-state index contributed by atoms with van der Waals surface area (Å²) in [5.41, 5.74) is 1.49. The largest absolute Gasteiger partial charge is 0.508 e. The van der Waals surface area contributed by atoms with E-state index >= 15 is 0 Å². The van der Waals surface area contributed by atoms with Gasteiger partial charge in [-0.1, -0.05) is 0 Å². The highest BCUT2D eigenvalue weighted by molar-refractivity contribution is 6.15. The van der Waals surface area contributed by atoms with E-state index in [-0.39, 0.29) is 30.4 Å². The summed E-state index contributed by atoms with van der Waals surface area (Å²) in [6.45, 7) is 1.94. The van der Waals surface area contributed by atoms with Gasteiger partial charge in [0.15, 0.2) is 5.78 Å². The van der Waals surface area contributed by atoms with Gasteiger partial charge in [-0.3, -0.25) is 9.59 Å². The fourth-order valence-corrected chi connectivity index (χ4v) is 1.75. The number of rotatable bonds is 1. The van der Waals surface area contributed by atoms with E-state index in [0.717, 1.165) is 5.56 Å². The third-order valence-electron chi connectivity index (χ3n) is 2.46. The Morgan fingerprint density at radius 2 is 2.07 bits per heavy atom. The fraction of sp³-hybridized carbons (Fsp3) is 0.273. The van der Waals surface area contributed by atoms with Crippen molar-refractivity contribution in [2.45, 2.75) is 13.3 Å². The molecule has 0 aliphatic carbocycles. The molecule has 0 saturated carbocycles. The van der Waals surface area contributed by atoms with Crippen molar-refractivity contribution in [1.29, 1.82) is 0 Å². The number of benzene rings is 1. The minimum absolute atomic E-state index is 0.0136. The van der Waals surface area contributed by atoms with Crippen molar-refractivity contribution in [1.82, 2.24) is 0 Å². The van der Waals surface area contributed by atoms with E-state index in [4.69, 9.17) is 0 Å². The highest BCUT2D eigenvalue weighted by Crippen LogP contribution is 2.26. The topological polar surface area (TPSA) is 57.6 Å². The van der Waals surface area contributed by atoms with Crippen molar-refractivity contribution in [3.8, 4) is 5.75 Å². The number of hydrogen-bond donors (Lipinski definition) is 1. The van der Waals surface area contributed by atoms with Gasteiger partial charge < -0.3 is 10.0 Å². The highest BCUT2D eigenvalue weighted by Gasteiger charge is 2.29. The minimum atomic E-state index is -0.172. The predicted octanol–water partition coefficient (Wildman–Crippen LogP) is 1.01. The number of phenols is 1. The van der Waals surface area contributed by atoms with Crippen molar-refractivity contribution in [3.63, 3.8) is 0 Å². The van der Waals surface area contributed by atoms with Gasteiger partial charge in [-0.15, -0.1) is 0 Å². The number of Topliss-reactive ketones (excluding diaryl/α,β-unsaturated/α-hetero) is 1. The molecule has 1 fully saturated rings. The molecule has 1 N–H and O–H groups in total. The Balaban J connectivity index is 2.38. The number of ketones is 1. The van der Waals surface area contributed by atoms with Crippen LogP contribution in [0, 0.1) is 6.92 Å². The lowest BCUT2D eigenvalue weighted by molar-refractivity contribution is -0.121. The van der Waals surface area contributed by atoms with Crippen LogP contribution in [0.25, 0.3) is 0 Å². The number of anilines is 1. The molecule has 1 amide bonds. The summed E-state index contributed by atoms with van der Waals surface area (Å²) < 4.78 is 0. The van der Waals surface area contributed by atoms with E-state index in [2.05, 4.69) is 0 Å². The van der Waals surface area contributed by atoms with E-state index in [1.165, 1.54) is 11.0 Å². The molecule has 1 aliphatic rings. The maximum atomic E-state index is 11.5. The molecule has 0 spiro atoms. The average molecular weight is 205 g/mol. The van der Waals surface area contributed by atoms with Gasteiger partial charge in [0.25, 0.3) is 0 Å². The molecule has 4 nitrogen and oxygen atoms in total. The molecular weight excluding hydrogens is 194 g/mol. The summed E-state index contributed by atoms with van der Waals surface area (Å²) in [6.07, 6.45) is -0.0136. The van der Waals surface area contributed by atoms with Crippen LogP contribution in [0.2, 0.25) is 0 Å². The molecular formula is C11H11NO3. The standard InChI is InChI=1S/C11H11NO3/c1-7-4-8(13)2-3-10(7)12-6-9(14)5-11(12)15/h2-4,13H,5-6H2,1H3. The van der Waals surface area contributed by atoms with E-state index in [1.807, 2.05) is 0 Å². The van der Waals surface area contributed by atoms with Crippen molar-refractivity contribution in [2.75, 3.05) is 11.4 Å². The number of carbonyl (C=O) groups is 2. The Morgan fingerprint density at radius 3 is 2.60 bits per heavy atom. The summed E-state index contributed by atoms with van der Waals surface area (Å²) in [7, 11) is 0. The monoisotopic (exact) mass is 205 g/mol. The molecule has 1 aliphatic heterocycles. The second-order valence-corrected chi connectivity index (χ2v) is 3.67. The molecule has 0 unspecified atom stereocenters. The first-order chi connectivity index (χ1) is 7.08. The SMILES string of the molecule is Cc1cc(O)ccc1N1CC(=O)CC1=O. The summed E-state index contributed by atoms with van der Waals surface area (Å²) in [4.78, 5) is 24.0. The maximum absolute atomic E-state index is 11.5. The second kappa shape index (κ2) is 3.38. The van der Waals surface area contributed by atoms with Crippen LogP contribution in [-0.4, -0.2) is 23.3 Å². The Kier molecular flexibility index (Phi) is 2.19. The van der Waals surface area contributed by atoms with Crippen LogP contribution in [0.15, 0.2) is 18.2 Å². The fourth-order valence-electron chi connectivity index (χ4n) is 1.75. The zero-order valence-electron chi connectivity index (χ0n) is 8.36. The van der Waals surface area contributed by atoms with Crippen LogP contribution >= 0.6 is 0 Å². The van der Waals surface area contributed by atoms with Gasteiger partial charge in [0, 0.05) is 5.69 Å². The van der Waals surface area contributed by atoms with E-state index in [1.54, 1.807) is 19.1 Å². The second-order valence-electron chi connectivity index (χ2n) is 3.67. The normalized spacial score (nSPS) is 16.2. The van der Waals surface area contributed by atoms with Crippen LogP contribution < -0.4 is 4.90 Å². The predicted molar refractivity (Wildman–Crippen MR) is 54.8 cm³/mol. The third-order valence-corrected chi connectivity index (χ3v) is 2.46. The number of carbonyl (C=O) groups excluding carboxylic acids is 2. The lowest BCUT2D eigenvalue weighted by Crippen LogP contribution is -2.25. The Bertz CT molecular complexity index is 439. The van der Waals surface area contributed by atoms with Crippen LogP contribution in [-0.2, 0) is 9.59 Å². The Labute approximate surface area is 87.1 Å².